The fourth-order valence-corrected chi connectivity index (χ4v) is 1.06. The number of hydrogen-bond acceptors (Lipinski definition) is 2. The molecule has 66 valence electrons. The monoisotopic (exact) mass is 165 g/mol. The minimum Gasteiger partial charge on any atom is -0.399 e. The Kier molecular flexibility index (Phi) is 3.11. The quantitative estimate of drug-likeness (QED) is 0.668. The van der Waals surface area contributed by atoms with Crippen molar-refractivity contribution in [2.75, 3.05) is 5.73 Å². The van der Waals surface area contributed by atoms with Gasteiger partial charge in [0, 0.05) is 5.69 Å². The van der Waals surface area contributed by atoms with Crippen molar-refractivity contribution in [1.82, 2.24) is 0 Å². The Balaban J connectivity index is 2.48. The third-order valence-corrected chi connectivity index (χ3v) is 1.83. The summed E-state index contributed by atoms with van der Waals surface area (Å²) in [6.07, 6.45) is 1.50. The van der Waals surface area contributed by atoms with E-state index in [2.05, 4.69) is 0 Å². The second-order valence-corrected chi connectivity index (χ2v) is 3.13. The number of benzene rings is 1. The molecule has 2 heteroatoms. The molecule has 0 aliphatic heterocycles. The van der Waals surface area contributed by atoms with E-state index in [-0.39, 0.29) is 6.10 Å². The molecule has 0 bridgehead atoms. The molecule has 2 nitrogen and oxygen atoms in total. The van der Waals surface area contributed by atoms with Crippen LogP contribution in [-0.4, -0.2) is 11.2 Å². The Hall–Kier alpha value is -1.02. The van der Waals surface area contributed by atoms with Crippen LogP contribution in [0, 0.1) is 0 Å². The highest BCUT2D eigenvalue weighted by molar-refractivity contribution is 5.39. The standard InChI is InChI=1S/C10H15NO/c1-8(12)2-3-9-4-6-10(11)7-5-9/h4-8,12H,2-3,11H2,1H3/t8-/m1/s1. The summed E-state index contributed by atoms with van der Waals surface area (Å²) < 4.78 is 0. The summed E-state index contributed by atoms with van der Waals surface area (Å²) in [4.78, 5) is 0. The summed E-state index contributed by atoms with van der Waals surface area (Å²) in [5, 5.41) is 9.04. The Morgan fingerprint density at radius 1 is 1.33 bits per heavy atom. The van der Waals surface area contributed by atoms with E-state index in [1.165, 1.54) is 5.56 Å². The summed E-state index contributed by atoms with van der Waals surface area (Å²) in [7, 11) is 0. The number of aliphatic hydroxyl groups excluding tert-OH is 1. The highest BCUT2D eigenvalue weighted by Gasteiger charge is 1.96. The van der Waals surface area contributed by atoms with Gasteiger partial charge in [-0.25, -0.2) is 0 Å². The van der Waals surface area contributed by atoms with Gasteiger partial charge < -0.3 is 10.8 Å². The van der Waals surface area contributed by atoms with Gasteiger partial charge in [0.15, 0.2) is 0 Å². The van der Waals surface area contributed by atoms with Crippen molar-refractivity contribution in [3.05, 3.63) is 29.8 Å². The normalized spacial score (nSPS) is 12.8. The van der Waals surface area contributed by atoms with Crippen molar-refractivity contribution in [3.8, 4) is 0 Å². The zero-order valence-electron chi connectivity index (χ0n) is 7.33. The lowest BCUT2D eigenvalue weighted by Gasteiger charge is -2.03. The largest absolute Gasteiger partial charge is 0.399 e. The number of anilines is 1. The molecule has 0 unspecified atom stereocenters. The van der Waals surface area contributed by atoms with E-state index < -0.39 is 0 Å². The van der Waals surface area contributed by atoms with Crippen molar-refractivity contribution in [2.45, 2.75) is 25.9 Å². The van der Waals surface area contributed by atoms with Crippen LogP contribution in [0.1, 0.15) is 18.9 Å². The molecule has 0 spiro atoms. The molecule has 1 atom stereocenters. The van der Waals surface area contributed by atoms with Crippen molar-refractivity contribution < 1.29 is 5.11 Å². The maximum absolute atomic E-state index is 9.04. The Morgan fingerprint density at radius 3 is 2.42 bits per heavy atom. The van der Waals surface area contributed by atoms with Gasteiger partial charge in [0.1, 0.15) is 0 Å². The Morgan fingerprint density at radius 2 is 1.92 bits per heavy atom. The molecule has 1 aromatic rings. The van der Waals surface area contributed by atoms with Gasteiger partial charge in [-0.3, -0.25) is 0 Å². The number of hydrogen-bond donors (Lipinski definition) is 2. The molecule has 0 saturated carbocycles. The van der Waals surface area contributed by atoms with Gasteiger partial charge in [-0.05, 0) is 37.5 Å². The molecule has 1 rings (SSSR count). The highest BCUT2D eigenvalue weighted by Crippen LogP contribution is 2.08. The highest BCUT2D eigenvalue weighted by atomic mass is 16.3. The summed E-state index contributed by atoms with van der Waals surface area (Å²) >= 11 is 0. The summed E-state index contributed by atoms with van der Waals surface area (Å²) in [5.74, 6) is 0. The van der Waals surface area contributed by atoms with Gasteiger partial charge in [0.05, 0.1) is 6.10 Å². The molecular weight excluding hydrogens is 150 g/mol. The molecule has 12 heavy (non-hydrogen) atoms. The van der Waals surface area contributed by atoms with Gasteiger partial charge in [-0.1, -0.05) is 12.1 Å². The fourth-order valence-electron chi connectivity index (χ4n) is 1.06. The van der Waals surface area contributed by atoms with E-state index in [4.69, 9.17) is 10.8 Å². The smallest absolute Gasteiger partial charge is 0.0515 e. The van der Waals surface area contributed by atoms with Gasteiger partial charge in [0.2, 0.25) is 0 Å². The number of nitrogens with two attached hydrogens (primary N) is 1. The lowest BCUT2D eigenvalue weighted by molar-refractivity contribution is 0.185. The third-order valence-electron chi connectivity index (χ3n) is 1.83. The Bertz CT molecular complexity index is 228. The average Bonchev–Trinajstić information content (AvgIpc) is 2.03. The molecule has 0 amide bonds. The molecule has 0 aliphatic rings. The number of nitrogen functional groups attached to an aromatic ring is 1. The van der Waals surface area contributed by atoms with Gasteiger partial charge in [-0.2, -0.15) is 0 Å². The second-order valence-electron chi connectivity index (χ2n) is 3.13. The van der Waals surface area contributed by atoms with E-state index in [0.29, 0.717) is 0 Å². The summed E-state index contributed by atoms with van der Waals surface area (Å²) in [6, 6.07) is 7.77. The van der Waals surface area contributed by atoms with Crippen molar-refractivity contribution in [2.24, 2.45) is 0 Å². The average molecular weight is 165 g/mol. The van der Waals surface area contributed by atoms with Crippen LogP contribution in [0.3, 0.4) is 0 Å². The maximum Gasteiger partial charge on any atom is 0.0515 e. The molecule has 1 aromatic carbocycles. The van der Waals surface area contributed by atoms with E-state index in [1.807, 2.05) is 24.3 Å². The predicted molar refractivity (Wildman–Crippen MR) is 50.9 cm³/mol. The van der Waals surface area contributed by atoms with E-state index in [9.17, 15) is 0 Å². The first-order chi connectivity index (χ1) is 5.68. The lowest BCUT2D eigenvalue weighted by atomic mass is 10.1. The summed E-state index contributed by atoms with van der Waals surface area (Å²) in [6.45, 7) is 1.80. The maximum atomic E-state index is 9.04. The molecule has 0 fully saturated rings. The molecule has 0 aromatic heterocycles. The number of aliphatic hydroxyl groups is 1. The van der Waals surface area contributed by atoms with Crippen LogP contribution < -0.4 is 5.73 Å². The van der Waals surface area contributed by atoms with Crippen LogP contribution in [0.2, 0.25) is 0 Å². The number of rotatable bonds is 3. The first-order valence-corrected chi connectivity index (χ1v) is 4.21. The first-order valence-electron chi connectivity index (χ1n) is 4.21. The van der Waals surface area contributed by atoms with Gasteiger partial charge in [-0.15, -0.1) is 0 Å². The van der Waals surface area contributed by atoms with Crippen molar-refractivity contribution in [3.63, 3.8) is 0 Å². The topological polar surface area (TPSA) is 46.2 Å². The third kappa shape index (κ3) is 2.93. The van der Waals surface area contributed by atoms with Crippen molar-refractivity contribution in [1.29, 1.82) is 0 Å². The molecule has 3 N–H and O–H groups in total. The first kappa shape index (κ1) is 9.07. The SMILES string of the molecule is C[C@@H](O)CCc1ccc(N)cc1. The van der Waals surface area contributed by atoms with Crippen LogP contribution >= 0.6 is 0 Å². The number of aryl methyl sites for hydroxylation is 1. The molecule has 0 aliphatic carbocycles. The summed E-state index contributed by atoms with van der Waals surface area (Å²) in [5.41, 5.74) is 7.55. The molecule has 0 radical (unpaired) electrons. The van der Waals surface area contributed by atoms with Gasteiger partial charge >= 0.3 is 0 Å². The van der Waals surface area contributed by atoms with Crippen molar-refractivity contribution >= 4 is 5.69 Å². The molecule has 0 saturated heterocycles. The van der Waals surface area contributed by atoms with Crippen LogP contribution in [-0.2, 0) is 6.42 Å². The van der Waals surface area contributed by atoms with Crippen LogP contribution in [0.15, 0.2) is 24.3 Å². The van der Waals surface area contributed by atoms with Gasteiger partial charge in [0.25, 0.3) is 0 Å². The van der Waals surface area contributed by atoms with Crippen LogP contribution in [0.25, 0.3) is 0 Å². The van der Waals surface area contributed by atoms with E-state index in [0.717, 1.165) is 18.5 Å². The predicted octanol–water partition coefficient (Wildman–Crippen LogP) is 1.58. The molecular formula is C10H15NO. The zero-order valence-corrected chi connectivity index (χ0v) is 7.33. The van der Waals surface area contributed by atoms with E-state index >= 15 is 0 Å². The zero-order chi connectivity index (χ0) is 8.97. The minimum absolute atomic E-state index is 0.220. The second kappa shape index (κ2) is 4.12. The molecule has 0 heterocycles. The van der Waals surface area contributed by atoms with Crippen LogP contribution in [0.5, 0.6) is 0 Å². The Labute approximate surface area is 73.0 Å². The lowest BCUT2D eigenvalue weighted by Crippen LogP contribution is -2.01. The van der Waals surface area contributed by atoms with E-state index in [1.54, 1.807) is 6.92 Å². The van der Waals surface area contributed by atoms with Crippen LogP contribution in [0.4, 0.5) is 5.69 Å². The minimum atomic E-state index is -0.220. The fraction of sp³-hybridized carbons (Fsp3) is 0.400.